The molecule has 2 N–H and O–H groups in total. The van der Waals surface area contributed by atoms with E-state index in [9.17, 15) is 24.0 Å². The Morgan fingerprint density at radius 1 is 1.33 bits per heavy atom. The lowest BCUT2D eigenvalue weighted by Crippen LogP contribution is -2.42. The summed E-state index contributed by atoms with van der Waals surface area (Å²) in [4.78, 5) is 46.7. The lowest BCUT2D eigenvalue weighted by molar-refractivity contribution is -0.148. The van der Waals surface area contributed by atoms with Crippen LogP contribution in [0, 0.1) is 29.0 Å². The number of hydrogen-bond donors (Lipinski definition) is 2. The van der Waals surface area contributed by atoms with Crippen LogP contribution in [0.1, 0.15) is 36.8 Å². The smallest absolute Gasteiger partial charge is 0.309 e. The van der Waals surface area contributed by atoms with Crippen molar-refractivity contribution < 1.29 is 18.7 Å². The second kappa shape index (κ2) is 9.19. The van der Waals surface area contributed by atoms with Gasteiger partial charge in [0.25, 0.3) is 5.56 Å². The van der Waals surface area contributed by atoms with Crippen molar-refractivity contribution in [1.29, 1.82) is 5.26 Å². The van der Waals surface area contributed by atoms with Crippen molar-refractivity contribution in [3.05, 3.63) is 50.5 Å². The molecule has 2 aliphatic rings. The molecule has 11 heteroatoms. The van der Waals surface area contributed by atoms with Crippen molar-refractivity contribution in [2.45, 2.75) is 25.7 Å². The van der Waals surface area contributed by atoms with Crippen LogP contribution in [0.4, 0.5) is 16.2 Å². The quantitative estimate of drug-likeness (QED) is 0.653. The van der Waals surface area contributed by atoms with Gasteiger partial charge in [0.1, 0.15) is 17.6 Å². The number of halogens is 2. The molecule has 0 spiro atoms. The van der Waals surface area contributed by atoms with Gasteiger partial charge in [-0.15, -0.1) is 0 Å². The first-order chi connectivity index (χ1) is 15.8. The molecule has 2 aliphatic heterocycles. The average molecular weight is 474 g/mol. The molecule has 172 valence electrons. The number of rotatable bonds is 4. The molecule has 0 aliphatic carbocycles. The summed E-state index contributed by atoms with van der Waals surface area (Å²) in [5, 5.41) is 12.1. The standard InChI is InChI=1S/C22H21ClFN5O4/c1-2-33-21(32)11-6-8-29(9-7-11)22-27-18-17(20(31)28-22)15(12(10-25)19(30)26-18)16-13(23)4-3-5-14(16)24/h3-5,11-12,15H,2,6-9H2,1H3,(H2,26,27,28,30,31). The molecule has 2 unspecified atom stereocenters. The van der Waals surface area contributed by atoms with E-state index in [2.05, 4.69) is 15.3 Å². The Kier molecular flexibility index (Phi) is 6.33. The van der Waals surface area contributed by atoms with E-state index < -0.39 is 29.1 Å². The van der Waals surface area contributed by atoms with Crippen molar-refractivity contribution in [3.8, 4) is 6.07 Å². The number of esters is 1. The number of H-pyrrole nitrogens is 1. The molecule has 2 atom stereocenters. The van der Waals surface area contributed by atoms with Gasteiger partial charge in [-0.1, -0.05) is 17.7 Å². The van der Waals surface area contributed by atoms with Crippen LogP contribution < -0.4 is 15.8 Å². The number of piperidine rings is 1. The number of nitrogens with zero attached hydrogens (tertiary/aromatic N) is 3. The number of aromatic amines is 1. The summed E-state index contributed by atoms with van der Waals surface area (Å²) in [6.07, 6.45) is 1.05. The number of benzene rings is 1. The number of aromatic nitrogens is 2. The summed E-state index contributed by atoms with van der Waals surface area (Å²) in [7, 11) is 0. The molecule has 0 saturated carbocycles. The Labute approximate surface area is 193 Å². The number of nitrogens with one attached hydrogen (secondary N) is 2. The van der Waals surface area contributed by atoms with E-state index in [1.165, 1.54) is 12.1 Å². The second-order valence-corrected chi connectivity index (χ2v) is 8.28. The summed E-state index contributed by atoms with van der Waals surface area (Å²) in [6.45, 7) is 2.96. The van der Waals surface area contributed by atoms with E-state index in [4.69, 9.17) is 16.3 Å². The fourth-order valence-electron chi connectivity index (χ4n) is 4.36. The Morgan fingerprint density at radius 3 is 2.70 bits per heavy atom. The van der Waals surface area contributed by atoms with Crippen molar-refractivity contribution in [2.75, 3.05) is 29.9 Å². The highest BCUT2D eigenvalue weighted by Crippen LogP contribution is 2.42. The number of nitriles is 1. The third-order valence-corrected chi connectivity index (χ3v) is 6.31. The van der Waals surface area contributed by atoms with Gasteiger partial charge in [-0.25, -0.2) is 4.39 Å². The zero-order chi connectivity index (χ0) is 23.7. The summed E-state index contributed by atoms with van der Waals surface area (Å²) >= 11 is 6.21. The van der Waals surface area contributed by atoms with Gasteiger partial charge in [0.15, 0.2) is 0 Å². The number of carbonyl (C=O) groups excluding carboxylic acids is 2. The fourth-order valence-corrected chi connectivity index (χ4v) is 4.64. The molecule has 3 heterocycles. The van der Waals surface area contributed by atoms with Crippen LogP contribution in [0.3, 0.4) is 0 Å². The van der Waals surface area contributed by atoms with Crippen LogP contribution >= 0.6 is 11.6 Å². The SMILES string of the molecule is CCOC(=O)C1CCN(c2nc3c(c(=O)[nH]2)C(c2c(F)cccc2Cl)C(C#N)C(=O)N3)CC1. The van der Waals surface area contributed by atoms with Crippen LogP contribution in [-0.4, -0.2) is 41.5 Å². The molecule has 1 amide bonds. The van der Waals surface area contributed by atoms with E-state index >= 15 is 0 Å². The highest BCUT2D eigenvalue weighted by Gasteiger charge is 2.42. The number of carbonyl (C=O) groups is 2. The van der Waals surface area contributed by atoms with Crippen molar-refractivity contribution in [2.24, 2.45) is 11.8 Å². The highest BCUT2D eigenvalue weighted by atomic mass is 35.5. The third-order valence-electron chi connectivity index (χ3n) is 5.98. The maximum atomic E-state index is 14.7. The first-order valence-corrected chi connectivity index (χ1v) is 10.9. The summed E-state index contributed by atoms with van der Waals surface area (Å²) in [5.74, 6) is -4.29. The van der Waals surface area contributed by atoms with E-state index in [1.807, 2.05) is 6.07 Å². The van der Waals surface area contributed by atoms with E-state index in [0.29, 0.717) is 32.5 Å². The van der Waals surface area contributed by atoms with Gasteiger partial charge in [-0.3, -0.25) is 19.4 Å². The van der Waals surface area contributed by atoms with Crippen LogP contribution in [-0.2, 0) is 14.3 Å². The van der Waals surface area contributed by atoms with E-state index in [1.54, 1.807) is 11.8 Å². The van der Waals surface area contributed by atoms with Crippen molar-refractivity contribution in [1.82, 2.24) is 9.97 Å². The van der Waals surface area contributed by atoms with Gasteiger partial charge in [0, 0.05) is 29.6 Å². The summed E-state index contributed by atoms with van der Waals surface area (Å²) < 4.78 is 19.8. The fraction of sp³-hybridized carbons (Fsp3) is 0.409. The minimum absolute atomic E-state index is 0.00501. The number of fused-ring (bicyclic) bond motifs is 1. The number of anilines is 2. The van der Waals surface area contributed by atoms with Gasteiger partial charge in [-0.2, -0.15) is 10.2 Å². The molecule has 4 rings (SSSR count). The van der Waals surface area contributed by atoms with Crippen LogP contribution in [0.5, 0.6) is 0 Å². The van der Waals surface area contributed by atoms with Gasteiger partial charge in [0.2, 0.25) is 11.9 Å². The van der Waals surface area contributed by atoms with Gasteiger partial charge < -0.3 is 15.0 Å². The van der Waals surface area contributed by atoms with Crippen LogP contribution in [0.15, 0.2) is 23.0 Å². The Hall–Kier alpha value is -3.45. The Morgan fingerprint density at radius 2 is 2.06 bits per heavy atom. The monoisotopic (exact) mass is 473 g/mol. The molecule has 1 fully saturated rings. The minimum Gasteiger partial charge on any atom is -0.466 e. The number of ether oxygens (including phenoxy) is 1. The first kappa shape index (κ1) is 22.7. The van der Waals surface area contributed by atoms with Crippen molar-refractivity contribution in [3.63, 3.8) is 0 Å². The molecular weight excluding hydrogens is 453 g/mol. The normalized spacial score (nSPS) is 20.5. The largest absolute Gasteiger partial charge is 0.466 e. The van der Waals surface area contributed by atoms with Gasteiger partial charge >= 0.3 is 5.97 Å². The minimum atomic E-state index is -1.36. The summed E-state index contributed by atoms with van der Waals surface area (Å²) in [5.41, 5.74) is -0.734. The maximum absolute atomic E-state index is 14.7. The zero-order valence-corrected chi connectivity index (χ0v) is 18.5. The zero-order valence-electron chi connectivity index (χ0n) is 17.7. The molecule has 1 saturated heterocycles. The molecule has 1 aromatic heterocycles. The van der Waals surface area contributed by atoms with Crippen LogP contribution in [0.25, 0.3) is 0 Å². The number of hydrogen-bond acceptors (Lipinski definition) is 7. The lowest BCUT2D eigenvalue weighted by Gasteiger charge is -2.33. The molecule has 2 aromatic rings. The molecule has 0 bridgehead atoms. The first-order valence-electron chi connectivity index (χ1n) is 10.6. The highest BCUT2D eigenvalue weighted by molar-refractivity contribution is 6.31. The van der Waals surface area contributed by atoms with E-state index in [0.717, 1.165) is 6.07 Å². The molecule has 9 nitrogen and oxygen atoms in total. The van der Waals surface area contributed by atoms with Gasteiger partial charge in [0.05, 0.1) is 24.2 Å². The Bertz CT molecular complexity index is 1180. The molecule has 33 heavy (non-hydrogen) atoms. The molecule has 1 aromatic carbocycles. The molecular formula is C22H21ClFN5O4. The molecule has 0 radical (unpaired) electrons. The van der Waals surface area contributed by atoms with Crippen molar-refractivity contribution >= 4 is 35.2 Å². The van der Waals surface area contributed by atoms with Gasteiger partial charge in [-0.05, 0) is 31.9 Å². The van der Waals surface area contributed by atoms with E-state index in [-0.39, 0.29) is 39.8 Å². The predicted octanol–water partition coefficient (Wildman–Crippen LogP) is 2.57. The topological polar surface area (TPSA) is 128 Å². The maximum Gasteiger partial charge on any atom is 0.309 e. The lowest BCUT2D eigenvalue weighted by atomic mass is 9.79. The number of amides is 1. The third kappa shape index (κ3) is 4.16. The second-order valence-electron chi connectivity index (χ2n) is 7.87. The predicted molar refractivity (Wildman–Crippen MR) is 117 cm³/mol. The summed E-state index contributed by atoms with van der Waals surface area (Å²) in [6, 6.07) is 5.85. The van der Waals surface area contributed by atoms with Crippen LogP contribution in [0.2, 0.25) is 5.02 Å². The average Bonchev–Trinajstić information content (AvgIpc) is 2.78. The Balaban J connectivity index is 1.71.